The van der Waals surface area contributed by atoms with Gasteiger partial charge < -0.3 is 10.6 Å². The summed E-state index contributed by atoms with van der Waals surface area (Å²) in [6.45, 7) is 6.24. The third-order valence-electron chi connectivity index (χ3n) is 3.90. The molecule has 0 fully saturated rings. The first-order valence-corrected chi connectivity index (χ1v) is 8.77. The molecule has 26 heavy (non-hydrogen) atoms. The molecule has 0 aliphatic carbocycles. The highest BCUT2D eigenvalue weighted by Crippen LogP contribution is 2.18. The number of halogens is 3. The van der Waals surface area contributed by atoms with Crippen LogP contribution in [0.4, 0.5) is 4.39 Å². The van der Waals surface area contributed by atoms with Gasteiger partial charge in [-0.05, 0) is 44.9 Å². The Morgan fingerprint density at radius 2 is 2.00 bits per heavy atom. The van der Waals surface area contributed by atoms with Crippen LogP contribution in [-0.4, -0.2) is 35.9 Å². The Bertz CT molecular complexity index is 712. The Morgan fingerprint density at radius 1 is 1.27 bits per heavy atom. The van der Waals surface area contributed by atoms with Crippen LogP contribution < -0.4 is 10.6 Å². The molecule has 144 valence electrons. The van der Waals surface area contributed by atoms with Gasteiger partial charge in [-0.15, -0.1) is 24.0 Å². The number of rotatable bonds is 7. The van der Waals surface area contributed by atoms with Crippen LogP contribution in [0.1, 0.15) is 23.4 Å². The molecule has 2 N–H and O–H groups in total. The van der Waals surface area contributed by atoms with Crippen molar-refractivity contribution in [1.82, 2.24) is 20.4 Å². The summed E-state index contributed by atoms with van der Waals surface area (Å²) in [4.78, 5) is 4.18. The average molecular weight is 494 g/mol. The summed E-state index contributed by atoms with van der Waals surface area (Å²) in [5.41, 5.74) is 2.73. The second-order valence-electron chi connectivity index (χ2n) is 5.88. The van der Waals surface area contributed by atoms with Gasteiger partial charge in [0.1, 0.15) is 5.82 Å². The smallest absolute Gasteiger partial charge is 0.190 e. The Hall–Kier alpha value is -1.35. The number of nitrogens with one attached hydrogen (secondary N) is 2. The quantitative estimate of drug-likeness (QED) is 0.268. The van der Waals surface area contributed by atoms with E-state index in [2.05, 4.69) is 33.7 Å². The fraction of sp³-hybridized carbons (Fsp3) is 0.444. The van der Waals surface area contributed by atoms with Gasteiger partial charge in [0.15, 0.2) is 5.96 Å². The van der Waals surface area contributed by atoms with Crippen molar-refractivity contribution in [2.24, 2.45) is 4.99 Å². The van der Waals surface area contributed by atoms with E-state index >= 15 is 0 Å². The van der Waals surface area contributed by atoms with Gasteiger partial charge in [0.25, 0.3) is 0 Å². The molecule has 0 atom stereocenters. The van der Waals surface area contributed by atoms with Crippen LogP contribution in [0.15, 0.2) is 29.3 Å². The second kappa shape index (κ2) is 11.4. The molecule has 0 saturated carbocycles. The first kappa shape index (κ1) is 22.7. The highest BCUT2D eigenvalue weighted by Gasteiger charge is 2.07. The lowest BCUT2D eigenvalue weighted by Crippen LogP contribution is -2.39. The molecule has 0 radical (unpaired) electrons. The summed E-state index contributed by atoms with van der Waals surface area (Å²) in [7, 11) is 1.71. The predicted molar refractivity (Wildman–Crippen MR) is 116 cm³/mol. The summed E-state index contributed by atoms with van der Waals surface area (Å²) >= 11 is 6.03. The summed E-state index contributed by atoms with van der Waals surface area (Å²) < 4.78 is 15.7. The number of guanidine groups is 1. The van der Waals surface area contributed by atoms with E-state index in [1.807, 2.05) is 11.6 Å². The van der Waals surface area contributed by atoms with E-state index in [9.17, 15) is 4.39 Å². The van der Waals surface area contributed by atoms with Crippen molar-refractivity contribution < 1.29 is 4.39 Å². The molecule has 8 heteroatoms. The first-order valence-electron chi connectivity index (χ1n) is 8.39. The normalized spacial score (nSPS) is 11.2. The second-order valence-corrected chi connectivity index (χ2v) is 6.29. The zero-order valence-electron chi connectivity index (χ0n) is 15.4. The number of aliphatic imine (C=N–C) groups is 1. The van der Waals surface area contributed by atoms with Crippen LogP contribution in [0.2, 0.25) is 5.02 Å². The molecule has 0 unspecified atom stereocenters. The van der Waals surface area contributed by atoms with Crippen LogP contribution in [0.3, 0.4) is 0 Å². The van der Waals surface area contributed by atoms with Crippen molar-refractivity contribution in [2.45, 2.75) is 33.2 Å². The largest absolute Gasteiger partial charge is 0.356 e. The topological polar surface area (TPSA) is 54.2 Å². The van der Waals surface area contributed by atoms with Crippen LogP contribution >= 0.6 is 35.6 Å². The van der Waals surface area contributed by atoms with E-state index in [4.69, 9.17) is 11.6 Å². The van der Waals surface area contributed by atoms with Crippen LogP contribution in [0.25, 0.3) is 0 Å². The molecule has 0 bridgehead atoms. The lowest BCUT2D eigenvalue weighted by atomic mass is 10.1. The Balaban J connectivity index is 0.00000338. The Morgan fingerprint density at radius 3 is 2.62 bits per heavy atom. The molecule has 1 heterocycles. The maximum absolute atomic E-state index is 13.7. The molecule has 0 spiro atoms. The molecule has 5 nitrogen and oxygen atoms in total. The van der Waals surface area contributed by atoms with E-state index < -0.39 is 0 Å². The molecular weight excluding hydrogens is 468 g/mol. The van der Waals surface area contributed by atoms with Crippen molar-refractivity contribution in [1.29, 1.82) is 0 Å². The van der Waals surface area contributed by atoms with Crippen molar-refractivity contribution in [3.63, 3.8) is 0 Å². The number of hydrogen-bond acceptors (Lipinski definition) is 2. The van der Waals surface area contributed by atoms with Crippen molar-refractivity contribution in [2.75, 3.05) is 20.1 Å². The van der Waals surface area contributed by atoms with Gasteiger partial charge in [-0.2, -0.15) is 5.10 Å². The van der Waals surface area contributed by atoms with Crippen molar-refractivity contribution >= 4 is 41.5 Å². The van der Waals surface area contributed by atoms with Gasteiger partial charge in [-0.3, -0.25) is 9.67 Å². The van der Waals surface area contributed by atoms with Gasteiger partial charge in [0.2, 0.25) is 0 Å². The molecule has 0 amide bonds. The zero-order chi connectivity index (χ0) is 18.2. The summed E-state index contributed by atoms with van der Waals surface area (Å²) in [6, 6.07) is 6.80. The Labute approximate surface area is 176 Å². The maximum Gasteiger partial charge on any atom is 0.190 e. The Kier molecular flexibility index (Phi) is 9.93. The van der Waals surface area contributed by atoms with Gasteiger partial charge >= 0.3 is 0 Å². The maximum atomic E-state index is 13.7. The predicted octanol–water partition coefficient (Wildman–Crippen LogP) is 3.71. The lowest BCUT2D eigenvalue weighted by molar-refractivity contribution is 0.555. The van der Waals surface area contributed by atoms with Gasteiger partial charge in [-0.1, -0.05) is 17.7 Å². The van der Waals surface area contributed by atoms with E-state index in [1.165, 1.54) is 11.8 Å². The third kappa shape index (κ3) is 6.75. The number of aromatic nitrogens is 2. The summed E-state index contributed by atoms with van der Waals surface area (Å²) in [5.74, 6) is 0.419. The van der Waals surface area contributed by atoms with Crippen LogP contribution in [-0.2, 0) is 13.0 Å². The average Bonchev–Trinajstić information content (AvgIpc) is 2.89. The zero-order valence-corrected chi connectivity index (χ0v) is 18.4. The SMILES string of the molecule is CN=C(NCCCn1nc(C)cc1C)NCCc1c(F)cccc1Cl.I. The lowest BCUT2D eigenvalue weighted by Gasteiger charge is -2.13. The molecule has 0 aliphatic rings. The third-order valence-corrected chi connectivity index (χ3v) is 4.25. The standard InChI is InChI=1S/C18H25ClFN5.HI/c1-13-12-14(2)25(24-13)11-5-9-22-18(21-3)23-10-8-15-16(19)6-4-7-17(15)20;/h4,6-7,12H,5,8-11H2,1-3H3,(H2,21,22,23);1H. The highest BCUT2D eigenvalue weighted by atomic mass is 127. The van der Waals surface area contributed by atoms with Gasteiger partial charge in [0, 0.05) is 43.0 Å². The molecule has 1 aromatic carbocycles. The monoisotopic (exact) mass is 493 g/mol. The fourth-order valence-electron chi connectivity index (χ4n) is 2.63. The van der Waals surface area contributed by atoms with Crippen molar-refractivity contribution in [3.8, 4) is 0 Å². The van der Waals surface area contributed by atoms with E-state index in [0.29, 0.717) is 29.5 Å². The highest BCUT2D eigenvalue weighted by molar-refractivity contribution is 14.0. The van der Waals surface area contributed by atoms with Gasteiger partial charge in [-0.25, -0.2) is 4.39 Å². The van der Waals surface area contributed by atoms with E-state index in [0.717, 1.165) is 25.2 Å². The molecule has 0 aliphatic heterocycles. The molecule has 2 aromatic rings. The molecule has 0 saturated heterocycles. The molecular formula is C18H26ClFIN5. The number of nitrogens with zero attached hydrogens (tertiary/aromatic N) is 3. The number of aryl methyl sites for hydroxylation is 3. The van der Waals surface area contributed by atoms with Crippen LogP contribution in [0.5, 0.6) is 0 Å². The van der Waals surface area contributed by atoms with Crippen LogP contribution in [0, 0.1) is 19.7 Å². The van der Waals surface area contributed by atoms with Crippen molar-refractivity contribution in [3.05, 3.63) is 52.1 Å². The first-order chi connectivity index (χ1) is 12.0. The molecule has 2 rings (SSSR count). The van der Waals surface area contributed by atoms with Gasteiger partial charge in [0.05, 0.1) is 5.69 Å². The minimum atomic E-state index is -0.276. The number of hydrogen-bond donors (Lipinski definition) is 2. The molecule has 1 aromatic heterocycles. The van der Waals surface area contributed by atoms with E-state index in [-0.39, 0.29) is 29.8 Å². The number of benzene rings is 1. The summed E-state index contributed by atoms with van der Waals surface area (Å²) in [5, 5.41) is 11.3. The minimum Gasteiger partial charge on any atom is -0.356 e. The fourth-order valence-corrected chi connectivity index (χ4v) is 2.89. The van der Waals surface area contributed by atoms with E-state index in [1.54, 1.807) is 19.2 Å². The minimum absolute atomic E-state index is 0. The summed E-state index contributed by atoms with van der Waals surface area (Å²) in [6.07, 6.45) is 1.43.